The maximum Gasteiger partial charge on any atom is 0.310 e. The molecule has 1 atom stereocenters. The molecule has 5 heteroatoms. The molecule has 0 heterocycles. The number of methoxy groups -OCH3 is 1. The first kappa shape index (κ1) is 17.0. The minimum atomic E-state index is -0.414. The van der Waals surface area contributed by atoms with Crippen LogP contribution in [0.1, 0.15) is 12.0 Å². The number of esters is 1. The molecule has 5 nitrogen and oxygen atoms in total. The average Bonchev–Trinajstić information content (AvgIpc) is 2.58. The molecule has 0 spiro atoms. The van der Waals surface area contributed by atoms with E-state index in [1.165, 1.54) is 7.11 Å². The molecule has 0 aliphatic heterocycles. The normalized spacial score (nSPS) is 11.9. The highest BCUT2D eigenvalue weighted by Crippen LogP contribution is 2.18. The summed E-state index contributed by atoms with van der Waals surface area (Å²) in [6.45, 7) is 0.539. The molecule has 0 radical (unpaired) electrons. The lowest BCUT2D eigenvalue weighted by atomic mass is 9.97. The SMILES string of the molecule is COC(=O)C(CNC(=O)CCN)Cc1ccc2ccccc2c1. The quantitative estimate of drug-likeness (QED) is 0.761. The molecule has 0 aliphatic carbocycles. The molecule has 1 unspecified atom stereocenters. The van der Waals surface area contributed by atoms with E-state index in [4.69, 9.17) is 10.5 Å². The summed E-state index contributed by atoms with van der Waals surface area (Å²) in [6, 6.07) is 14.2. The number of ether oxygens (including phenoxy) is 1. The molecule has 0 saturated carbocycles. The summed E-state index contributed by atoms with van der Waals surface area (Å²) in [6.07, 6.45) is 0.768. The number of nitrogens with two attached hydrogens (primary N) is 1. The molecule has 0 fully saturated rings. The number of benzene rings is 2. The standard InChI is InChI=1S/C18H22N2O3/c1-23-18(22)16(12-20-17(21)8-9-19)11-13-6-7-14-4-2-3-5-15(14)10-13/h2-7,10,16H,8-9,11-12,19H2,1H3,(H,20,21). The Hall–Kier alpha value is -2.40. The predicted octanol–water partition coefficient (Wildman–Crippen LogP) is 1.64. The first-order valence-corrected chi connectivity index (χ1v) is 7.66. The Kier molecular flexibility index (Phi) is 6.11. The Balaban J connectivity index is 2.09. The third-order valence-electron chi connectivity index (χ3n) is 3.75. The molecule has 0 saturated heterocycles. The fourth-order valence-corrected chi connectivity index (χ4v) is 2.51. The fourth-order valence-electron chi connectivity index (χ4n) is 2.51. The highest BCUT2D eigenvalue weighted by molar-refractivity contribution is 5.83. The van der Waals surface area contributed by atoms with Gasteiger partial charge in [0.05, 0.1) is 13.0 Å². The lowest BCUT2D eigenvalue weighted by molar-refractivity contribution is -0.145. The zero-order valence-electron chi connectivity index (χ0n) is 13.2. The van der Waals surface area contributed by atoms with Gasteiger partial charge in [0, 0.05) is 19.5 Å². The number of carbonyl (C=O) groups is 2. The molecule has 0 bridgehead atoms. The second-order valence-corrected chi connectivity index (χ2v) is 5.45. The van der Waals surface area contributed by atoms with Gasteiger partial charge in [0.25, 0.3) is 0 Å². The molecule has 0 aromatic heterocycles. The number of nitrogens with one attached hydrogen (secondary N) is 1. The number of carbonyl (C=O) groups excluding carboxylic acids is 2. The van der Waals surface area contributed by atoms with E-state index in [2.05, 4.69) is 11.4 Å². The number of fused-ring (bicyclic) bond motifs is 1. The maximum atomic E-state index is 12.0. The van der Waals surface area contributed by atoms with Gasteiger partial charge in [0.15, 0.2) is 0 Å². The van der Waals surface area contributed by atoms with E-state index in [-0.39, 0.29) is 24.8 Å². The van der Waals surface area contributed by atoms with Gasteiger partial charge in [0.2, 0.25) is 5.91 Å². The highest BCUT2D eigenvalue weighted by Gasteiger charge is 2.20. The smallest absolute Gasteiger partial charge is 0.310 e. The third kappa shape index (κ3) is 4.79. The lowest BCUT2D eigenvalue weighted by Gasteiger charge is -2.16. The maximum absolute atomic E-state index is 12.0. The van der Waals surface area contributed by atoms with Gasteiger partial charge in [-0.15, -0.1) is 0 Å². The van der Waals surface area contributed by atoms with Crippen molar-refractivity contribution in [1.29, 1.82) is 0 Å². The lowest BCUT2D eigenvalue weighted by Crippen LogP contribution is -2.35. The van der Waals surface area contributed by atoms with Crippen LogP contribution in [0.5, 0.6) is 0 Å². The van der Waals surface area contributed by atoms with E-state index < -0.39 is 5.92 Å². The molecular weight excluding hydrogens is 292 g/mol. The number of hydrogen-bond acceptors (Lipinski definition) is 4. The summed E-state index contributed by atoms with van der Waals surface area (Å²) in [5, 5.41) is 5.02. The van der Waals surface area contributed by atoms with Crippen LogP contribution in [0, 0.1) is 5.92 Å². The van der Waals surface area contributed by atoms with Crippen molar-refractivity contribution in [3.8, 4) is 0 Å². The molecule has 2 rings (SSSR count). The van der Waals surface area contributed by atoms with E-state index in [1.54, 1.807) is 0 Å². The minimum absolute atomic E-state index is 0.153. The molecule has 0 aliphatic rings. The summed E-state index contributed by atoms with van der Waals surface area (Å²) in [7, 11) is 1.36. The Labute approximate surface area is 135 Å². The van der Waals surface area contributed by atoms with Crippen molar-refractivity contribution in [2.75, 3.05) is 20.2 Å². The fraction of sp³-hybridized carbons (Fsp3) is 0.333. The number of amides is 1. The second kappa shape index (κ2) is 8.29. The van der Waals surface area contributed by atoms with Crippen molar-refractivity contribution < 1.29 is 14.3 Å². The first-order chi connectivity index (χ1) is 11.1. The van der Waals surface area contributed by atoms with E-state index in [0.717, 1.165) is 16.3 Å². The Morgan fingerprint density at radius 3 is 2.61 bits per heavy atom. The van der Waals surface area contributed by atoms with Gasteiger partial charge >= 0.3 is 5.97 Å². The van der Waals surface area contributed by atoms with Crippen molar-refractivity contribution in [2.45, 2.75) is 12.8 Å². The minimum Gasteiger partial charge on any atom is -0.469 e. The Bertz CT molecular complexity index is 685. The number of rotatable bonds is 7. The first-order valence-electron chi connectivity index (χ1n) is 7.66. The predicted molar refractivity (Wildman–Crippen MR) is 89.8 cm³/mol. The average molecular weight is 314 g/mol. The third-order valence-corrected chi connectivity index (χ3v) is 3.75. The van der Waals surface area contributed by atoms with Crippen molar-refractivity contribution >= 4 is 22.6 Å². The van der Waals surface area contributed by atoms with Gasteiger partial charge < -0.3 is 15.8 Å². The zero-order chi connectivity index (χ0) is 16.7. The topological polar surface area (TPSA) is 81.4 Å². The Morgan fingerprint density at radius 1 is 1.17 bits per heavy atom. The van der Waals surface area contributed by atoms with Gasteiger partial charge in [-0.25, -0.2) is 0 Å². The molecule has 122 valence electrons. The van der Waals surface area contributed by atoms with Crippen LogP contribution in [0.15, 0.2) is 42.5 Å². The van der Waals surface area contributed by atoms with Crippen LogP contribution in [0.2, 0.25) is 0 Å². The van der Waals surface area contributed by atoms with Crippen LogP contribution < -0.4 is 11.1 Å². The summed E-state index contributed by atoms with van der Waals surface area (Å²) in [5.41, 5.74) is 6.38. The zero-order valence-corrected chi connectivity index (χ0v) is 13.2. The van der Waals surface area contributed by atoms with Gasteiger partial charge in [-0.05, 0) is 22.8 Å². The van der Waals surface area contributed by atoms with Gasteiger partial charge in [-0.3, -0.25) is 9.59 Å². The number of hydrogen-bond donors (Lipinski definition) is 2. The highest BCUT2D eigenvalue weighted by atomic mass is 16.5. The van der Waals surface area contributed by atoms with E-state index in [0.29, 0.717) is 13.0 Å². The van der Waals surface area contributed by atoms with Gasteiger partial charge in [-0.1, -0.05) is 42.5 Å². The molecule has 2 aromatic rings. The largest absolute Gasteiger partial charge is 0.469 e. The second-order valence-electron chi connectivity index (χ2n) is 5.45. The Morgan fingerprint density at radius 2 is 1.91 bits per heavy atom. The van der Waals surface area contributed by atoms with Crippen LogP contribution in [0.3, 0.4) is 0 Å². The van der Waals surface area contributed by atoms with Crippen LogP contribution in [-0.2, 0) is 20.7 Å². The molecule has 23 heavy (non-hydrogen) atoms. The van der Waals surface area contributed by atoms with Crippen molar-refractivity contribution in [1.82, 2.24) is 5.32 Å². The van der Waals surface area contributed by atoms with Crippen molar-refractivity contribution in [2.24, 2.45) is 11.7 Å². The van der Waals surface area contributed by atoms with Crippen LogP contribution in [0.4, 0.5) is 0 Å². The van der Waals surface area contributed by atoms with E-state index in [9.17, 15) is 9.59 Å². The van der Waals surface area contributed by atoms with Crippen LogP contribution in [0.25, 0.3) is 10.8 Å². The van der Waals surface area contributed by atoms with Crippen LogP contribution >= 0.6 is 0 Å². The van der Waals surface area contributed by atoms with Crippen molar-refractivity contribution in [3.63, 3.8) is 0 Å². The monoisotopic (exact) mass is 314 g/mol. The van der Waals surface area contributed by atoms with Crippen molar-refractivity contribution in [3.05, 3.63) is 48.0 Å². The molecular formula is C18H22N2O3. The summed E-state index contributed by atoms with van der Waals surface area (Å²) in [4.78, 5) is 23.5. The summed E-state index contributed by atoms with van der Waals surface area (Å²) >= 11 is 0. The molecule has 1 amide bonds. The van der Waals surface area contributed by atoms with Gasteiger partial charge in [-0.2, -0.15) is 0 Å². The summed E-state index contributed by atoms with van der Waals surface area (Å²) < 4.78 is 4.85. The van der Waals surface area contributed by atoms with Gasteiger partial charge in [0.1, 0.15) is 0 Å². The van der Waals surface area contributed by atoms with E-state index >= 15 is 0 Å². The van der Waals surface area contributed by atoms with Crippen LogP contribution in [-0.4, -0.2) is 32.1 Å². The van der Waals surface area contributed by atoms with E-state index in [1.807, 2.05) is 36.4 Å². The molecule has 3 N–H and O–H groups in total. The summed E-state index contributed by atoms with van der Waals surface area (Å²) in [5.74, 6) is -0.894. The molecule has 2 aromatic carbocycles.